The summed E-state index contributed by atoms with van der Waals surface area (Å²) in [6.07, 6.45) is 0.244. The highest BCUT2D eigenvalue weighted by Crippen LogP contribution is 2.24. The Hall–Kier alpha value is -2.33. The summed E-state index contributed by atoms with van der Waals surface area (Å²) in [6, 6.07) is 16.9. The van der Waals surface area contributed by atoms with E-state index >= 15 is 0 Å². The molecule has 23 heavy (non-hydrogen) atoms. The highest BCUT2D eigenvalue weighted by atomic mass is 35.5. The van der Waals surface area contributed by atoms with Crippen molar-refractivity contribution >= 4 is 23.4 Å². The first kappa shape index (κ1) is 15.6. The lowest BCUT2D eigenvalue weighted by Crippen LogP contribution is -2.35. The monoisotopic (exact) mass is 328 g/mol. The molecule has 0 aromatic heterocycles. The smallest absolute Gasteiger partial charge is 0.226 e. The summed E-state index contributed by atoms with van der Waals surface area (Å²) in [5, 5.41) is 6.40. The van der Waals surface area contributed by atoms with E-state index in [4.69, 9.17) is 11.6 Å². The minimum absolute atomic E-state index is 0.0760. The van der Waals surface area contributed by atoms with Gasteiger partial charge in [0.1, 0.15) is 0 Å². The van der Waals surface area contributed by atoms with Crippen LogP contribution in [0, 0.1) is 5.92 Å². The van der Waals surface area contributed by atoms with Gasteiger partial charge >= 0.3 is 0 Å². The van der Waals surface area contributed by atoms with Crippen LogP contribution in [0.4, 0.5) is 0 Å². The third-order valence-electron chi connectivity index (χ3n) is 3.97. The van der Waals surface area contributed by atoms with Gasteiger partial charge in [-0.05, 0) is 23.3 Å². The summed E-state index contributed by atoms with van der Waals surface area (Å²) in [4.78, 5) is 23.8. The molecule has 0 spiro atoms. The van der Waals surface area contributed by atoms with Crippen LogP contribution in [0.25, 0.3) is 0 Å². The van der Waals surface area contributed by atoms with Crippen molar-refractivity contribution < 1.29 is 9.59 Å². The number of nitrogens with one attached hydrogen (secondary N) is 2. The lowest BCUT2D eigenvalue weighted by atomic mass is 9.97. The fraction of sp³-hybridized carbons (Fsp3) is 0.222. The largest absolute Gasteiger partial charge is 0.355 e. The Bertz CT molecular complexity index is 701. The van der Waals surface area contributed by atoms with Crippen LogP contribution in [0.2, 0.25) is 5.02 Å². The lowest BCUT2D eigenvalue weighted by molar-refractivity contribution is -0.126. The van der Waals surface area contributed by atoms with E-state index in [1.807, 2.05) is 42.5 Å². The van der Waals surface area contributed by atoms with Gasteiger partial charge in [-0.1, -0.05) is 54.1 Å². The minimum Gasteiger partial charge on any atom is -0.355 e. The normalized spacial score (nSPS) is 18.3. The van der Waals surface area contributed by atoms with Gasteiger partial charge < -0.3 is 10.6 Å². The van der Waals surface area contributed by atoms with E-state index < -0.39 is 0 Å². The van der Waals surface area contributed by atoms with Gasteiger partial charge in [-0.15, -0.1) is 0 Å². The summed E-state index contributed by atoms with van der Waals surface area (Å²) in [6.45, 7) is 0.396. The van der Waals surface area contributed by atoms with E-state index in [2.05, 4.69) is 10.6 Å². The number of carbonyl (C=O) groups excluding carboxylic acids is 2. The van der Waals surface area contributed by atoms with Crippen molar-refractivity contribution in [3.05, 3.63) is 70.7 Å². The number of benzene rings is 2. The number of halogens is 1. The Morgan fingerprint density at radius 3 is 2.35 bits per heavy atom. The van der Waals surface area contributed by atoms with Crippen molar-refractivity contribution in [1.82, 2.24) is 10.6 Å². The maximum atomic E-state index is 12.5. The fourth-order valence-corrected chi connectivity index (χ4v) is 2.84. The predicted octanol–water partition coefficient (Wildman–Crippen LogP) is 2.68. The number of hydrogen-bond donors (Lipinski definition) is 2. The summed E-state index contributed by atoms with van der Waals surface area (Å²) in [7, 11) is 0. The standard InChI is InChI=1S/C18H17ClN2O2/c19-15-8-6-13(7-9-15)17(12-4-2-1-3-5-12)21-18(23)14-10-16(22)20-11-14/h1-9,14,17H,10-11H2,(H,20,22)(H,21,23). The molecule has 0 bridgehead atoms. The maximum Gasteiger partial charge on any atom is 0.226 e. The summed E-state index contributed by atoms with van der Waals surface area (Å²) in [5.41, 5.74) is 1.94. The SMILES string of the molecule is O=C1CC(C(=O)NC(c2ccccc2)c2ccc(Cl)cc2)CN1. The van der Waals surface area contributed by atoms with E-state index in [0.717, 1.165) is 11.1 Å². The van der Waals surface area contributed by atoms with E-state index in [9.17, 15) is 9.59 Å². The second-order valence-corrected chi connectivity index (χ2v) is 6.05. The Morgan fingerprint density at radius 1 is 1.09 bits per heavy atom. The molecule has 5 heteroatoms. The lowest BCUT2D eigenvalue weighted by Gasteiger charge is -2.21. The highest BCUT2D eigenvalue weighted by molar-refractivity contribution is 6.30. The molecule has 1 aliphatic heterocycles. The van der Waals surface area contributed by atoms with Crippen LogP contribution < -0.4 is 10.6 Å². The van der Waals surface area contributed by atoms with E-state index in [1.54, 1.807) is 12.1 Å². The van der Waals surface area contributed by atoms with E-state index in [0.29, 0.717) is 11.6 Å². The van der Waals surface area contributed by atoms with Crippen LogP contribution in [0.3, 0.4) is 0 Å². The van der Waals surface area contributed by atoms with Gasteiger partial charge in [-0.3, -0.25) is 9.59 Å². The molecule has 3 rings (SSSR count). The molecular weight excluding hydrogens is 312 g/mol. The molecular formula is C18H17ClN2O2. The van der Waals surface area contributed by atoms with Crippen molar-refractivity contribution in [2.24, 2.45) is 5.92 Å². The van der Waals surface area contributed by atoms with Gasteiger partial charge in [-0.25, -0.2) is 0 Å². The van der Waals surface area contributed by atoms with Crippen LogP contribution >= 0.6 is 11.6 Å². The molecule has 0 radical (unpaired) electrons. The zero-order chi connectivity index (χ0) is 16.2. The van der Waals surface area contributed by atoms with Crippen molar-refractivity contribution in [2.45, 2.75) is 12.5 Å². The molecule has 1 aliphatic rings. The summed E-state index contributed by atoms with van der Waals surface area (Å²) < 4.78 is 0. The first-order valence-corrected chi connectivity index (χ1v) is 7.89. The Morgan fingerprint density at radius 2 is 1.74 bits per heavy atom. The molecule has 2 unspecified atom stereocenters. The van der Waals surface area contributed by atoms with Crippen molar-refractivity contribution in [1.29, 1.82) is 0 Å². The predicted molar refractivity (Wildman–Crippen MR) is 89.0 cm³/mol. The first-order valence-electron chi connectivity index (χ1n) is 7.51. The van der Waals surface area contributed by atoms with Crippen LogP contribution in [0.15, 0.2) is 54.6 Å². The molecule has 118 valence electrons. The van der Waals surface area contributed by atoms with Gasteiger partial charge in [-0.2, -0.15) is 0 Å². The number of rotatable bonds is 4. The van der Waals surface area contributed by atoms with E-state index in [1.165, 1.54) is 0 Å². The third kappa shape index (κ3) is 3.71. The molecule has 4 nitrogen and oxygen atoms in total. The average Bonchev–Trinajstić information content (AvgIpc) is 3.01. The van der Waals surface area contributed by atoms with E-state index in [-0.39, 0.29) is 30.2 Å². The summed E-state index contributed by atoms with van der Waals surface area (Å²) in [5.74, 6) is -0.513. The van der Waals surface area contributed by atoms with Crippen LogP contribution in [0.1, 0.15) is 23.6 Å². The number of amides is 2. The zero-order valence-corrected chi connectivity index (χ0v) is 13.2. The highest BCUT2D eigenvalue weighted by Gasteiger charge is 2.29. The molecule has 2 aromatic carbocycles. The second-order valence-electron chi connectivity index (χ2n) is 5.61. The van der Waals surface area contributed by atoms with Crippen molar-refractivity contribution in [3.63, 3.8) is 0 Å². The van der Waals surface area contributed by atoms with Gasteiger partial charge in [0.2, 0.25) is 11.8 Å². The van der Waals surface area contributed by atoms with Crippen molar-refractivity contribution in [3.8, 4) is 0 Å². The van der Waals surface area contributed by atoms with Gasteiger partial charge in [0.15, 0.2) is 0 Å². The molecule has 2 amide bonds. The second kappa shape index (κ2) is 6.84. The third-order valence-corrected chi connectivity index (χ3v) is 4.22. The molecule has 1 heterocycles. The van der Waals surface area contributed by atoms with Gasteiger partial charge in [0.25, 0.3) is 0 Å². The minimum atomic E-state index is -0.319. The quantitative estimate of drug-likeness (QED) is 0.906. The fourth-order valence-electron chi connectivity index (χ4n) is 2.71. The molecule has 2 atom stereocenters. The molecule has 1 fully saturated rings. The Balaban J connectivity index is 1.85. The van der Waals surface area contributed by atoms with Crippen LogP contribution in [-0.4, -0.2) is 18.4 Å². The molecule has 1 saturated heterocycles. The molecule has 2 aromatic rings. The maximum absolute atomic E-state index is 12.5. The number of hydrogen-bond acceptors (Lipinski definition) is 2. The van der Waals surface area contributed by atoms with Gasteiger partial charge in [0, 0.05) is 18.0 Å². The zero-order valence-electron chi connectivity index (χ0n) is 12.5. The molecule has 0 aliphatic carbocycles. The Kier molecular flexibility index (Phi) is 4.63. The first-order chi connectivity index (χ1) is 11.1. The van der Waals surface area contributed by atoms with Crippen LogP contribution in [-0.2, 0) is 9.59 Å². The van der Waals surface area contributed by atoms with Gasteiger partial charge in [0.05, 0.1) is 12.0 Å². The summed E-state index contributed by atoms with van der Waals surface area (Å²) >= 11 is 5.95. The average molecular weight is 329 g/mol. The van der Waals surface area contributed by atoms with Crippen molar-refractivity contribution in [2.75, 3.05) is 6.54 Å². The van der Waals surface area contributed by atoms with Crippen LogP contribution in [0.5, 0.6) is 0 Å². The number of carbonyl (C=O) groups is 2. The Labute approximate surface area is 139 Å². The molecule has 2 N–H and O–H groups in total. The topological polar surface area (TPSA) is 58.2 Å². The molecule has 0 saturated carbocycles.